The molecule has 0 aliphatic rings. The predicted molar refractivity (Wildman–Crippen MR) is 120 cm³/mol. The Bertz CT molecular complexity index is 1340. The van der Waals surface area contributed by atoms with Gasteiger partial charge in [-0.2, -0.15) is 0 Å². The van der Waals surface area contributed by atoms with Crippen molar-refractivity contribution in [3.63, 3.8) is 0 Å². The molecule has 3 aromatic heterocycles. The van der Waals surface area contributed by atoms with E-state index in [0.717, 1.165) is 29.0 Å². The van der Waals surface area contributed by atoms with Gasteiger partial charge in [0, 0.05) is 20.1 Å². The van der Waals surface area contributed by atoms with Crippen molar-refractivity contribution in [3.05, 3.63) is 63.6 Å². The molecular weight excluding hydrogens is 400 g/mol. The van der Waals surface area contributed by atoms with Gasteiger partial charge < -0.3 is 9.13 Å². The minimum atomic E-state index is -0.411. The van der Waals surface area contributed by atoms with Crippen LogP contribution in [0.5, 0.6) is 0 Å². The number of aromatic amines is 1. The number of hydrogen-bond donors (Lipinski definition) is 1. The molecule has 3 heterocycles. The van der Waals surface area contributed by atoms with E-state index >= 15 is 0 Å². The monoisotopic (exact) mass is 424 g/mol. The van der Waals surface area contributed by atoms with E-state index in [4.69, 9.17) is 4.98 Å². The van der Waals surface area contributed by atoms with E-state index in [1.807, 2.05) is 37.4 Å². The van der Waals surface area contributed by atoms with Crippen molar-refractivity contribution in [3.8, 4) is 0 Å². The second-order valence-electron chi connectivity index (χ2n) is 7.09. The summed E-state index contributed by atoms with van der Waals surface area (Å²) in [6, 6.07) is 7.98. The Labute approximate surface area is 177 Å². The lowest BCUT2D eigenvalue weighted by Crippen LogP contribution is -2.31. The highest BCUT2D eigenvalue weighted by Crippen LogP contribution is 2.27. The topological polar surface area (TPSA) is 90.5 Å². The number of rotatable bonds is 8. The largest absolute Gasteiger partial charge is 0.330 e. The standard InChI is InChI=1S/C21H24N6O2S/c1-4-6-12-27-18-17(19(28)24-20(27)29)25(3)16(23-18)13-30-21-22-14-9-7-8-10-15(14)26(21)11-5-2/h5,7-10H,2,4,6,11-13H2,1,3H3,(H,24,28,29). The fraction of sp³-hybridized carbons (Fsp3) is 0.333. The van der Waals surface area contributed by atoms with Crippen LogP contribution in [-0.2, 0) is 25.9 Å². The normalized spacial score (nSPS) is 11.5. The fourth-order valence-electron chi connectivity index (χ4n) is 3.54. The average molecular weight is 425 g/mol. The van der Waals surface area contributed by atoms with E-state index in [9.17, 15) is 9.59 Å². The van der Waals surface area contributed by atoms with Gasteiger partial charge in [0.15, 0.2) is 16.3 Å². The van der Waals surface area contributed by atoms with Gasteiger partial charge in [-0.05, 0) is 18.6 Å². The molecule has 156 valence electrons. The Morgan fingerprint density at radius 1 is 1.20 bits per heavy atom. The molecule has 4 rings (SSSR count). The summed E-state index contributed by atoms with van der Waals surface area (Å²) in [5.74, 6) is 1.24. The van der Waals surface area contributed by atoms with Crippen molar-refractivity contribution >= 4 is 34.0 Å². The summed E-state index contributed by atoms with van der Waals surface area (Å²) in [6.07, 6.45) is 3.63. The molecule has 8 nitrogen and oxygen atoms in total. The third kappa shape index (κ3) is 3.49. The first kappa shape index (κ1) is 20.2. The Hall–Kier alpha value is -3.07. The van der Waals surface area contributed by atoms with Crippen LogP contribution in [0.4, 0.5) is 0 Å². The van der Waals surface area contributed by atoms with Crippen LogP contribution in [-0.4, -0.2) is 28.7 Å². The Kier molecular flexibility index (Phi) is 5.63. The Balaban J connectivity index is 1.72. The molecule has 9 heteroatoms. The van der Waals surface area contributed by atoms with Crippen LogP contribution in [0.25, 0.3) is 22.2 Å². The number of hydrogen-bond acceptors (Lipinski definition) is 5. The molecule has 0 aliphatic heterocycles. The van der Waals surface area contributed by atoms with E-state index in [-0.39, 0.29) is 0 Å². The number of benzene rings is 1. The first-order valence-corrected chi connectivity index (χ1v) is 10.9. The average Bonchev–Trinajstić information content (AvgIpc) is 3.24. The maximum atomic E-state index is 12.4. The van der Waals surface area contributed by atoms with Crippen molar-refractivity contribution < 1.29 is 0 Å². The number of aromatic nitrogens is 6. The molecule has 0 atom stereocenters. The van der Waals surface area contributed by atoms with Gasteiger partial charge in [-0.3, -0.25) is 14.3 Å². The fourth-order valence-corrected chi connectivity index (χ4v) is 4.55. The van der Waals surface area contributed by atoms with Crippen LogP contribution in [0, 0.1) is 0 Å². The summed E-state index contributed by atoms with van der Waals surface area (Å²) >= 11 is 1.55. The van der Waals surface area contributed by atoms with Crippen LogP contribution in [0.15, 0.2) is 51.7 Å². The third-order valence-corrected chi connectivity index (χ3v) is 6.07. The van der Waals surface area contributed by atoms with Gasteiger partial charge in [0.05, 0.1) is 16.8 Å². The molecule has 0 amide bonds. The second-order valence-corrected chi connectivity index (χ2v) is 8.04. The van der Waals surface area contributed by atoms with E-state index in [0.29, 0.717) is 35.8 Å². The smallest absolute Gasteiger partial charge is 0.325 e. The zero-order valence-electron chi connectivity index (χ0n) is 17.1. The number of fused-ring (bicyclic) bond motifs is 2. The number of H-pyrrole nitrogens is 1. The number of para-hydroxylation sites is 2. The zero-order chi connectivity index (χ0) is 21.3. The summed E-state index contributed by atoms with van der Waals surface area (Å²) in [6.45, 7) is 7.09. The molecule has 0 fully saturated rings. The number of unbranched alkanes of at least 4 members (excludes halogenated alkanes) is 1. The van der Waals surface area contributed by atoms with Gasteiger partial charge in [0.2, 0.25) is 0 Å². The summed E-state index contributed by atoms with van der Waals surface area (Å²) in [4.78, 5) is 36.5. The van der Waals surface area contributed by atoms with Crippen molar-refractivity contribution in [2.45, 2.75) is 43.8 Å². The molecule has 0 saturated heterocycles. The molecule has 1 aromatic carbocycles. The van der Waals surface area contributed by atoms with Gasteiger partial charge in [-0.15, -0.1) is 6.58 Å². The highest BCUT2D eigenvalue weighted by molar-refractivity contribution is 7.98. The molecule has 0 radical (unpaired) electrons. The van der Waals surface area contributed by atoms with Crippen LogP contribution in [0.3, 0.4) is 0 Å². The van der Waals surface area contributed by atoms with Gasteiger partial charge in [-0.25, -0.2) is 14.8 Å². The molecule has 30 heavy (non-hydrogen) atoms. The molecule has 4 aromatic rings. The third-order valence-electron chi connectivity index (χ3n) is 5.10. The van der Waals surface area contributed by atoms with E-state index in [1.165, 1.54) is 0 Å². The van der Waals surface area contributed by atoms with Crippen LogP contribution >= 0.6 is 11.8 Å². The van der Waals surface area contributed by atoms with Crippen molar-refractivity contribution in [1.29, 1.82) is 0 Å². The summed E-state index contributed by atoms with van der Waals surface area (Å²) in [7, 11) is 1.81. The second kappa shape index (κ2) is 8.35. The van der Waals surface area contributed by atoms with Gasteiger partial charge in [0.25, 0.3) is 5.56 Å². The molecule has 0 bridgehead atoms. The van der Waals surface area contributed by atoms with Crippen LogP contribution < -0.4 is 11.2 Å². The Morgan fingerprint density at radius 3 is 2.77 bits per heavy atom. The molecular formula is C21H24N6O2S. The maximum absolute atomic E-state index is 12.4. The molecule has 0 unspecified atom stereocenters. The minimum Gasteiger partial charge on any atom is -0.325 e. The summed E-state index contributed by atoms with van der Waals surface area (Å²) < 4.78 is 5.44. The number of aryl methyl sites for hydroxylation is 2. The van der Waals surface area contributed by atoms with E-state index in [1.54, 1.807) is 20.9 Å². The first-order valence-electron chi connectivity index (χ1n) is 9.92. The number of allylic oxidation sites excluding steroid dienone is 1. The number of nitrogens with zero attached hydrogens (tertiary/aromatic N) is 5. The maximum Gasteiger partial charge on any atom is 0.330 e. The lowest BCUT2D eigenvalue weighted by Gasteiger charge is -2.06. The number of imidazole rings is 2. The van der Waals surface area contributed by atoms with Crippen LogP contribution in [0.2, 0.25) is 0 Å². The van der Waals surface area contributed by atoms with Gasteiger partial charge >= 0.3 is 5.69 Å². The highest BCUT2D eigenvalue weighted by atomic mass is 32.2. The number of nitrogens with one attached hydrogen (secondary N) is 1. The summed E-state index contributed by atoms with van der Waals surface area (Å²) in [5, 5.41) is 0.862. The van der Waals surface area contributed by atoms with Crippen molar-refractivity contribution in [1.82, 2.24) is 28.7 Å². The zero-order valence-corrected chi connectivity index (χ0v) is 17.9. The van der Waals surface area contributed by atoms with Gasteiger partial charge in [-0.1, -0.05) is 43.3 Å². The number of thioether (sulfide) groups is 1. The Morgan fingerprint density at radius 2 is 2.00 bits per heavy atom. The molecule has 1 N–H and O–H groups in total. The minimum absolute atomic E-state index is 0.409. The van der Waals surface area contributed by atoms with Gasteiger partial charge in [0.1, 0.15) is 5.82 Å². The predicted octanol–water partition coefficient (Wildman–Crippen LogP) is 3.05. The quantitative estimate of drug-likeness (QED) is 0.347. The van der Waals surface area contributed by atoms with Crippen LogP contribution in [0.1, 0.15) is 25.6 Å². The molecule has 0 spiro atoms. The summed E-state index contributed by atoms with van der Waals surface area (Å²) in [5.41, 5.74) is 2.01. The lowest BCUT2D eigenvalue weighted by atomic mass is 10.3. The van der Waals surface area contributed by atoms with Crippen molar-refractivity contribution in [2.24, 2.45) is 7.05 Å². The molecule has 0 aliphatic carbocycles. The SMILES string of the molecule is C=CCn1c(SCc2nc3c(c(=O)[nH]c(=O)n3CCCC)n2C)nc2ccccc21. The highest BCUT2D eigenvalue weighted by Gasteiger charge is 2.18. The van der Waals surface area contributed by atoms with E-state index < -0.39 is 11.2 Å². The molecule has 0 saturated carbocycles. The lowest BCUT2D eigenvalue weighted by molar-refractivity contribution is 0.613. The van der Waals surface area contributed by atoms with E-state index in [2.05, 4.69) is 28.0 Å². The first-order chi connectivity index (χ1) is 14.5. The van der Waals surface area contributed by atoms with Crippen molar-refractivity contribution in [2.75, 3.05) is 0 Å².